The van der Waals surface area contributed by atoms with E-state index in [2.05, 4.69) is 15.6 Å². The fourth-order valence-corrected chi connectivity index (χ4v) is 4.90. The zero-order valence-corrected chi connectivity index (χ0v) is 19.5. The van der Waals surface area contributed by atoms with Crippen molar-refractivity contribution in [3.8, 4) is 11.3 Å². The number of carbonyl (C=O) groups excluding carboxylic acids is 3. The Kier molecular flexibility index (Phi) is 5.37. The first kappa shape index (κ1) is 21.8. The number of aromatic nitrogens is 1. The van der Waals surface area contributed by atoms with E-state index in [1.54, 1.807) is 24.3 Å². The van der Waals surface area contributed by atoms with Crippen molar-refractivity contribution in [3.05, 3.63) is 82.7 Å². The van der Waals surface area contributed by atoms with E-state index in [0.29, 0.717) is 11.3 Å². The molecule has 0 spiro atoms. The van der Waals surface area contributed by atoms with E-state index in [4.69, 9.17) is 0 Å². The second-order valence-corrected chi connectivity index (χ2v) is 9.42. The Balaban J connectivity index is 1.35. The number of thiazole rings is 1. The lowest BCUT2D eigenvalue weighted by Crippen LogP contribution is -2.42. The van der Waals surface area contributed by atoms with Gasteiger partial charge in [-0.3, -0.25) is 14.5 Å². The van der Waals surface area contributed by atoms with Crippen LogP contribution in [0.15, 0.2) is 72.1 Å². The van der Waals surface area contributed by atoms with E-state index >= 15 is 0 Å². The van der Waals surface area contributed by atoms with Crippen molar-refractivity contribution in [1.82, 2.24) is 15.2 Å². The zero-order chi connectivity index (χ0) is 23.9. The van der Waals surface area contributed by atoms with Gasteiger partial charge in [0.15, 0.2) is 0 Å². The maximum atomic E-state index is 13.4. The molecule has 0 saturated carbocycles. The van der Waals surface area contributed by atoms with Crippen LogP contribution in [0.5, 0.6) is 0 Å². The number of amides is 4. The van der Waals surface area contributed by atoms with E-state index in [1.165, 1.54) is 0 Å². The molecule has 1 atom stereocenters. The molecule has 2 heterocycles. The van der Waals surface area contributed by atoms with Crippen LogP contribution in [0.2, 0.25) is 0 Å². The van der Waals surface area contributed by atoms with Crippen molar-refractivity contribution in [2.75, 3.05) is 11.9 Å². The van der Waals surface area contributed by atoms with Crippen molar-refractivity contribution in [1.29, 1.82) is 0 Å². The van der Waals surface area contributed by atoms with Gasteiger partial charge in [-0.2, -0.15) is 0 Å². The monoisotopic (exact) mass is 470 g/mol. The van der Waals surface area contributed by atoms with Gasteiger partial charge in [0.25, 0.3) is 5.91 Å². The van der Waals surface area contributed by atoms with Gasteiger partial charge in [-0.25, -0.2) is 9.78 Å². The topological polar surface area (TPSA) is 91.4 Å². The van der Waals surface area contributed by atoms with Gasteiger partial charge in [0.2, 0.25) is 5.91 Å². The highest BCUT2D eigenvalue weighted by Gasteiger charge is 2.50. The Morgan fingerprint density at radius 2 is 1.85 bits per heavy atom. The van der Waals surface area contributed by atoms with Gasteiger partial charge < -0.3 is 10.6 Å². The lowest BCUT2D eigenvalue weighted by molar-refractivity contribution is -0.133. The van der Waals surface area contributed by atoms with Crippen LogP contribution in [0.3, 0.4) is 0 Å². The summed E-state index contributed by atoms with van der Waals surface area (Å²) in [6.07, 6.45) is 0. The molecule has 0 aliphatic carbocycles. The molecule has 1 aromatic heterocycles. The average molecular weight is 471 g/mol. The third-order valence-electron chi connectivity index (χ3n) is 5.97. The molecule has 3 aromatic carbocycles. The minimum Gasteiger partial charge on any atom is -0.325 e. The molecule has 0 bridgehead atoms. The van der Waals surface area contributed by atoms with Crippen molar-refractivity contribution in [3.63, 3.8) is 0 Å². The third kappa shape index (κ3) is 3.82. The minimum absolute atomic E-state index is 0.384. The fraction of sp³-hybridized carbons (Fsp3) is 0.154. The quantitative estimate of drug-likeness (QED) is 0.415. The van der Waals surface area contributed by atoms with Gasteiger partial charge in [0.1, 0.15) is 12.1 Å². The summed E-state index contributed by atoms with van der Waals surface area (Å²) in [6.45, 7) is 3.22. The Hall–Kier alpha value is -4.04. The lowest BCUT2D eigenvalue weighted by atomic mass is 9.88. The average Bonchev–Trinajstić information content (AvgIpc) is 3.36. The van der Waals surface area contributed by atoms with Crippen LogP contribution in [0.4, 0.5) is 10.5 Å². The van der Waals surface area contributed by atoms with E-state index in [9.17, 15) is 14.4 Å². The summed E-state index contributed by atoms with van der Waals surface area (Å²) in [5, 5.41) is 10.3. The maximum absolute atomic E-state index is 13.4. The highest BCUT2D eigenvalue weighted by Crippen LogP contribution is 2.34. The molecule has 1 aliphatic heterocycles. The normalized spacial score (nSPS) is 17.8. The molecule has 1 unspecified atom stereocenters. The number of hydrogen-bond acceptors (Lipinski definition) is 5. The summed E-state index contributed by atoms with van der Waals surface area (Å²) in [5.41, 5.74) is 1.70. The number of hydrogen-bond donors (Lipinski definition) is 2. The molecule has 34 heavy (non-hydrogen) atoms. The molecule has 0 radical (unpaired) electrons. The summed E-state index contributed by atoms with van der Waals surface area (Å²) >= 11 is 1.55. The number of fused-ring (bicyclic) bond motifs is 1. The largest absolute Gasteiger partial charge is 0.325 e. The number of anilines is 1. The Morgan fingerprint density at radius 1 is 1.09 bits per heavy atom. The van der Waals surface area contributed by atoms with Crippen molar-refractivity contribution in [2.24, 2.45) is 0 Å². The molecule has 5 rings (SSSR count). The number of rotatable bonds is 5. The fourth-order valence-electron chi connectivity index (χ4n) is 4.28. The summed E-state index contributed by atoms with van der Waals surface area (Å²) < 4.78 is 0. The van der Waals surface area contributed by atoms with E-state index in [-0.39, 0.29) is 6.54 Å². The predicted octanol–water partition coefficient (Wildman–Crippen LogP) is 4.68. The minimum atomic E-state index is -1.26. The molecule has 170 valence electrons. The number of urea groups is 1. The highest BCUT2D eigenvalue weighted by atomic mass is 32.1. The summed E-state index contributed by atoms with van der Waals surface area (Å²) in [7, 11) is 0. The number of aryl methyl sites for hydroxylation is 1. The van der Waals surface area contributed by atoms with Crippen LogP contribution in [0.25, 0.3) is 22.0 Å². The molecule has 4 aromatic rings. The van der Waals surface area contributed by atoms with Crippen molar-refractivity contribution < 1.29 is 14.4 Å². The standard InChI is InChI=1S/C26H22N4O3S/c1-16-27-22(15-34-16)18-9-5-10-19(13-18)28-23(31)14-30-24(32)26(2,29-25(30)33)21-12-6-8-17-7-3-4-11-20(17)21/h3-13,15H,14H2,1-2H3,(H,28,31)(H,29,33). The first-order valence-electron chi connectivity index (χ1n) is 10.8. The van der Waals surface area contributed by atoms with Crippen LogP contribution in [-0.4, -0.2) is 34.3 Å². The van der Waals surface area contributed by atoms with Crippen LogP contribution in [0.1, 0.15) is 17.5 Å². The predicted molar refractivity (Wildman–Crippen MR) is 132 cm³/mol. The van der Waals surface area contributed by atoms with Gasteiger partial charge in [-0.05, 0) is 42.3 Å². The van der Waals surface area contributed by atoms with Crippen molar-refractivity contribution >= 4 is 45.6 Å². The van der Waals surface area contributed by atoms with E-state index < -0.39 is 23.4 Å². The second-order valence-electron chi connectivity index (χ2n) is 8.35. The van der Waals surface area contributed by atoms with Gasteiger partial charge >= 0.3 is 6.03 Å². The van der Waals surface area contributed by atoms with Crippen LogP contribution < -0.4 is 10.6 Å². The number of imide groups is 1. The Bertz CT molecular complexity index is 1440. The Morgan fingerprint density at radius 3 is 2.65 bits per heavy atom. The molecule has 8 heteroatoms. The van der Waals surface area contributed by atoms with E-state index in [0.717, 1.165) is 31.9 Å². The summed E-state index contributed by atoms with van der Waals surface area (Å²) in [6, 6.07) is 20.0. The number of benzene rings is 3. The smallest absolute Gasteiger partial charge is 0.325 e. The van der Waals surface area contributed by atoms with Gasteiger partial charge in [-0.1, -0.05) is 54.6 Å². The van der Waals surface area contributed by atoms with Crippen molar-refractivity contribution in [2.45, 2.75) is 19.4 Å². The molecular formula is C26H22N4O3S. The third-order valence-corrected chi connectivity index (χ3v) is 6.74. The number of nitrogens with one attached hydrogen (secondary N) is 2. The molecule has 4 amide bonds. The summed E-state index contributed by atoms with van der Waals surface area (Å²) in [4.78, 5) is 44.3. The molecule has 1 aliphatic rings. The van der Waals surface area contributed by atoms with Gasteiger partial charge in [0.05, 0.1) is 10.7 Å². The van der Waals surface area contributed by atoms with Crippen LogP contribution in [-0.2, 0) is 15.1 Å². The molecule has 1 saturated heterocycles. The van der Waals surface area contributed by atoms with Gasteiger partial charge in [-0.15, -0.1) is 11.3 Å². The molecule has 1 fully saturated rings. The number of carbonyl (C=O) groups is 3. The highest BCUT2D eigenvalue weighted by molar-refractivity contribution is 7.09. The molecular weight excluding hydrogens is 448 g/mol. The Labute approximate surface area is 200 Å². The van der Waals surface area contributed by atoms with E-state index in [1.807, 2.05) is 73.0 Å². The number of nitrogens with zero attached hydrogens (tertiary/aromatic N) is 2. The zero-order valence-electron chi connectivity index (χ0n) is 18.7. The van der Waals surface area contributed by atoms with Crippen LogP contribution >= 0.6 is 11.3 Å². The first-order chi connectivity index (χ1) is 16.3. The molecule has 2 N–H and O–H groups in total. The van der Waals surface area contributed by atoms with Gasteiger partial charge in [0, 0.05) is 16.6 Å². The lowest BCUT2D eigenvalue weighted by Gasteiger charge is -2.24. The second kappa shape index (κ2) is 8.39. The summed E-state index contributed by atoms with van der Waals surface area (Å²) in [5.74, 6) is -0.923. The molecule has 7 nitrogen and oxygen atoms in total. The maximum Gasteiger partial charge on any atom is 0.325 e. The first-order valence-corrected chi connectivity index (χ1v) is 11.7. The SMILES string of the molecule is Cc1nc(-c2cccc(NC(=O)CN3C(=O)NC(C)(c4cccc5ccccc45)C3=O)c2)cs1. The van der Waals surface area contributed by atoms with Crippen LogP contribution in [0, 0.1) is 6.92 Å².